The van der Waals surface area contributed by atoms with Crippen molar-refractivity contribution in [1.82, 2.24) is 14.5 Å². The van der Waals surface area contributed by atoms with Crippen LogP contribution in [0.1, 0.15) is 26.7 Å². The summed E-state index contributed by atoms with van der Waals surface area (Å²) < 4.78 is 7.12. The van der Waals surface area contributed by atoms with Gasteiger partial charge in [0.2, 0.25) is 5.91 Å². The quantitative estimate of drug-likeness (QED) is 0.445. The highest BCUT2D eigenvalue weighted by molar-refractivity contribution is 8.00. The number of carbonyl (C=O) groups is 1. The number of hydrogen-bond donors (Lipinski definition) is 0. The second-order valence-corrected chi connectivity index (χ2v) is 8.58. The topological polar surface area (TPSA) is 64.4 Å². The van der Waals surface area contributed by atoms with Crippen molar-refractivity contribution in [3.8, 4) is 11.4 Å². The van der Waals surface area contributed by atoms with Crippen LogP contribution in [0, 0.1) is 0 Å². The van der Waals surface area contributed by atoms with Gasteiger partial charge >= 0.3 is 0 Å². The standard InChI is InChI=1S/C23H25N3O3S/c1-3-29-18-12-10-17(11-13-18)26-22(28)19-8-4-5-9-20(19)24-23(26)30-16(2)21(27)25-14-6-7-15-25/h4-5,8-13,16H,3,6-7,14-15H2,1-2H3/t16-/m0/s1. The fourth-order valence-corrected chi connectivity index (χ4v) is 4.69. The van der Waals surface area contributed by atoms with Crippen molar-refractivity contribution in [2.45, 2.75) is 37.1 Å². The zero-order valence-electron chi connectivity index (χ0n) is 17.2. The monoisotopic (exact) mass is 423 g/mol. The van der Waals surface area contributed by atoms with Crippen LogP contribution in [-0.2, 0) is 4.79 Å². The molecule has 1 aliphatic heterocycles. The minimum Gasteiger partial charge on any atom is -0.494 e. The largest absolute Gasteiger partial charge is 0.494 e. The van der Waals surface area contributed by atoms with E-state index in [9.17, 15) is 9.59 Å². The summed E-state index contributed by atoms with van der Waals surface area (Å²) in [6, 6.07) is 14.7. The van der Waals surface area contributed by atoms with Crippen LogP contribution in [0.4, 0.5) is 0 Å². The molecule has 1 aliphatic rings. The van der Waals surface area contributed by atoms with E-state index >= 15 is 0 Å². The van der Waals surface area contributed by atoms with E-state index in [1.165, 1.54) is 11.8 Å². The molecule has 1 saturated heterocycles. The molecule has 7 heteroatoms. The van der Waals surface area contributed by atoms with Crippen molar-refractivity contribution in [2.75, 3.05) is 19.7 Å². The van der Waals surface area contributed by atoms with Gasteiger partial charge in [-0.05, 0) is 63.1 Å². The Hall–Kier alpha value is -2.80. The number of likely N-dealkylation sites (tertiary alicyclic amines) is 1. The van der Waals surface area contributed by atoms with Gasteiger partial charge in [0.05, 0.1) is 28.4 Å². The lowest BCUT2D eigenvalue weighted by Crippen LogP contribution is -2.34. The third-order valence-corrected chi connectivity index (χ3v) is 6.24. The van der Waals surface area contributed by atoms with Crippen LogP contribution in [0.5, 0.6) is 5.75 Å². The van der Waals surface area contributed by atoms with E-state index in [-0.39, 0.29) is 16.7 Å². The Morgan fingerprint density at radius 1 is 1.13 bits per heavy atom. The maximum atomic E-state index is 13.4. The molecule has 0 spiro atoms. The molecule has 4 rings (SSSR count). The van der Waals surface area contributed by atoms with Gasteiger partial charge in [0, 0.05) is 13.1 Å². The highest BCUT2D eigenvalue weighted by atomic mass is 32.2. The van der Waals surface area contributed by atoms with E-state index in [4.69, 9.17) is 9.72 Å². The number of thioether (sulfide) groups is 1. The molecule has 156 valence electrons. The first kappa shape index (κ1) is 20.5. The molecule has 0 aliphatic carbocycles. The molecule has 1 atom stereocenters. The van der Waals surface area contributed by atoms with Crippen molar-refractivity contribution < 1.29 is 9.53 Å². The molecule has 6 nitrogen and oxygen atoms in total. The summed E-state index contributed by atoms with van der Waals surface area (Å²) in [6.45, 7) is 6.00. The summed E-state index contributed by atoms with van der Waals surface area (Å²) in [7, 11) is 0. The molecule has 2 aromatic carbocycles. The Balaban J connectivity index is 1.76. The van der Waals surface area contributed by atoms with Crippen LogP contribution < -0.4 is 10.3 Å². The number of rotatable bonds is 6. The van der Waals surface area contributed by atoms with Crippen LogP contribution in [0.25, 0.3) is 16.6 Å². The number of aromatic nitrogens is 2. The predicted molar refractivity (Wildman–Crippen MR) is 120 cm³/mol. The Morgan fingerprint density at radius 2 is 1.83 bits per heavy atom. The van der Waals surface area contributed by atoms with Crippen LogP contribution in [0.15, 0.2) is 58.5 Å². The highest BCUT2D eigenvalue weighted by Crippen LogP contribution is 2.27. The average Bonchev–Trinajstić information content (AvgIpc) is 3.29. The van der Waals surface area contributed by atoms with Gasteiger partial charge in [0.15, 0.2) is 5.16 Å². The summed E-state index contributed by atoms with van der Waals surface area (Å²) in [4.78, 5) is 32.8. The van der Waals surface area contributed by atoms with Crippen molar-refractivity contribution in [2.24, 2.45) is 0 Å². The maximum absolute atomic E-state index is 13.4. The van der Waals surface area contributed by atoms with Crippen LogP contribution in [-0.4, -0.2) is 45.3 Å². The predicted octanol–water partition coefficient (Wildman–Crippen LogP) is 3.89. The number of amides is 1. The summed E-state index contributed by atoms with van der Waals surface area (Å²) in [5.74, 6) is 0.841. The maximum Gasteiger partial charge on any atom is 0.266 e. The number of benzene rings is 2. The van der Waals surface area contributed by atoms with E-state index in [1.807, 2.05) is 61.2 Å². The first-order chi connectivity index (χ1) is 14.6. The minimum atomic E-state index is -0.329. The first-order valence-corrected chi connectivity index (χ1v) is 11.2. The van der Waals surface area contributed by atoms with E-state index < -0.39 is 0 Å². The first-order valence-electron chi connectivity index (χ1n) is 10.3. The Kier molecular flexibility index (Phi) is 6.08. The number of fused-ring (bicyclic) bond motifs is 1. The van der Waals surface area contributed by atoms with Crippen molar-refractivity contribution in [3.05, 3.63) is 58.9 Å². The molecule has 0 N–H and O–H groups in total. The van der Waals surface area contributed by atoms with Crippen molar-refractivity contribution >= 4 is 28.6 Å². The fourth-order valence-electron chi connectivity index (χ4n) is 3.68. The molecule has 0 unspecified atom stereocenters. The highest BCUT2D eigenvalue weighted by Gasteiger charge is 2.26. The van der Waals surface area contributed by atoms with Crippen molar-refractivity contribution in [1.29, 1.82) is 0 Å². The van der Waals surface area contributed by atoms with E-state index in [0.29, 0.717) is 28.4 Å². The van der Waals surface area contributed by atoms with Crippen molar-refractivity contribution in [3.63, 3.8) is 0 Å². The number of hydrogen-bond acceptors (Lipinski definition) is 5. The fraction of sp³-hybridized carbons (Fsp3) is 0.348. The second kappa shape index (κ2) is 8.92. The van der Waals surface area contributed by atoms with Gasteiger partial charge in [0.25, 0.3) is 5.56 Å². The Bertz CT molecular complexity index is 1100. The van der Waals surface area contributed by atoms with E-state index in [1.54, 1.807) is 10.6 Å². The number of ether oxygens (including phenoxy) is 1. The van der Waals surface area contributed by atoms with Gasteiger partial charge in [-0.3, -0.25) is 14.2 Å². The third kappa shape index (κ3) is 4.07. The van der Waals surface area contributed by atoms with Gasteiger partial charge in [-0.2, -0.15) is 0 Å². The second-order valence-electron chi connectivity index (χ2n) is 7.27. The van der Waals surface area contributed by atoms with Crippen LogP contribution in [0.3, 0.4) is 0 Å². The zero-order chi connectivity index (χ0) is 21.1. The lowest BCUT2D eigenvalue weighted by Gasteiger charge is -2.21. The molecule has 1 fully saturated rings. The number of para-hydroxylation sites is 1. The molecule has 1 aromatic heterocycles. The smallest absolute Gasteiger partial charge is 0.266 e. The van der Waals surface area contributed by atoms with Crippen LogP contribution >= 0.6 is 11.8 Å². The van der Waals surface area contributed by atoms with Crippen LogP contribution in [0.2, 0.25) is 0 Å². The summed E-state index contributed by atoms with van der Waals surface area (Å²) in [6.07, 6.45) is 2.10. The molecule has 0 bridgehead atoms. The average molecular weight is 424 g/mol. The van der Waals surface area contributed by atoms with Gasteiger partial charge in [0.1, 0.15) is 5.75 Å². The lowest BCUT2D eigenvalue weighted by molar-refractivity contribution is -0.129. The SMILES string of the molecule is CCOc1ccc(-n2c(S[C@@H](C)C(=O)N3CCCC3)nc3ccccc3c2=O)cc1. The van der Waals surface area contributed by atoms with Gasteiger partial charge in [-0.15, -0.1) is 0 Å². The molecular formula is C23H25N3O3S. The molecule has 0 radical (unpaired) electrons. The lowest BCUT2D eigenvalue weighted by atomic mass is 10.2. The molecule has 1 amide bonds. The van der Waals surface area contributed by atoms with Gasteiger partial charge in [-0.1, -0.05) is 23.9 Å². The minimum absolute atomic E-state index is 0.0955. The summed E-state index contributed by atoms with van der Waals surface area (Å²) in [5, 5.41) is 0.738. The normalized spacial score (nSPS) is 14.8. The van der Waals surface area contributed by atoms with E-state index in [2.05, 4.69) is 0 Å². The summed E-state index contributed by atoms with van der Waals surface area (Å²) >= 11 is 1.33. The van der Waals surface area contributed by atoms with Gasteiger partial charge < -0.3 is 9.64 Å². The van der Waals surface area contributed by atoms with Gasteiger partial charge in [-0.25, -0.2) is 4.98 Å². The third-order valence-electron chi connectivity index (χ3n) is 5.20. The number of carbonyl (C=O) groups excluding carboxylic acids is 1. The number of nitrogens with zero attached hydrogens (tertiary/aromatic N) is 3. The Morgan fingerprint density at radius 3 is 2.53 bits per heavy atom. The molecule has 30 heavy (non-hydrogen) atoms. The molecule has 3 aromatic rings. The molecule has 0 saturated carbocycles. The molecule has 2 heterocycles. The van der Waals surface area contributed by atoms with E-state index in [0.717, 1.165) is 31.7 Å². The Labute approximate surface area is 179 Å². The molecular weight excluding hydrogens is 398 g/mol. The summed E-state index contributed by atoms with van der Waals surface area (Å²) in [5.41, 5.74) is 1.19. The zero-order valence-corrected chi connectivity index (χ0v) is 18.0.